The summed E-state index contributed by atoms with van der Waals surface area (Å²) in [6, 6.07) is 2.11. The van der Waals surface area contributed by atoms with Crippen LogP contribution in [0.15, 0.2) is 6.07 Å². The molecule has 2 heterocycles. The highest BCUT2D eigenvalue weighted by Crippen LogP contribution is 2.29. The number of aryl methyl sites for hydroxylation is 2. The molecule has 0 saturated carbocycles. The first-order valence-electron chi connectivity index (χ1n) is 6.05. The molecule has 0 N–H and O–H groups in total. The summed E-state index contributed by atoms with van der Waals surface area (Å²) in [6.45, 7) is 6.56. The maximum Gasteiger partial charge on any atom is 0.141 e. The maximum absolute atomic E-state index is 6.20. The van der Waals surface area contributed by atoms with Gasteiger partial charge in [0.2, 0.25) is 0 Å². The summed E-state index contributed by atoms with van der Waals surface area (Å²) >= 11 is 7.93. The van der Waals surface area contributed by atoms with Gasteiger partial charge in [-0.15, -0.1) is 11.3 Å². The van der Waals surface area contributed by atoms with Gasteiger partial charge in [-0.25, -0.2) is 9.97 Å². The number of aromatic nitrogens is 2. The molecule has 0 spiro atoms. The van der Waals surface area contributed by atoms with E-state index in [0.717, 1.165) is 35.3 Å². The first kappa shape index (κ1) is 12.8. The van der Waals surface area contributed by atoms with Crippen molar-refractivity contribution in [3.05, 3.63) is 21.9 Å². The minimum Gasteiger partial charge on any atom is -0.222 e. The van der Waals surface area contributed by atoms with E-state index in [1.165, 1.54) is 4.88 Å². The van der Waals surface area contributed by atoms with Gasteiger partial charge >= 0.3 is 0 Å². The van der Waals surface area contributed by atoms with Crippen molar-refractivity contribution in [1.29, 1.82) is 0 Å². The van der Waals surface area contributed by atoms with E-state index in [1.54, 1.807) is 11.3 Å². The lowest BCUT2D eigenvalue weighted by Crippen LogP contribution is -1.98. The first-order valence-corrected chi connectivity index (χ1v) is 7.24. The number of halogens is 1. The van der Waals surface area contributed by atoms with E-state index in [1.807, 2.05) is 0 Å². The van der Waals surface area contributed by atoms with Crippen LogP contribution >= 0.6 is 22.9 Å². The molecule has 0 fully saturated rings. The van der Waals surface area contributed by atoms with E-state index in [-0.39, 0.29) is 0 Å². The van der Waals surface area contributed by atoms with E-state index in [0.29, 0.717) is 11.1 Å². The lowest BCUT2D eigenvalue weighted by molar-refractivity contribution is 0.576. The molecule has 4 heteroatoms. The molecule has 0 radical (unpaired) electrons. The second kappa shape index (κ2) is 5.32. The van der Waals surface area contributed by atoms with Gasteiger partial charge < -0.3 is 0 Å². The molecule has 2 aromatic heterocycles. The minimum absolute atomic E-state index is 0.602. The average molecular weight is 269 g/mol. The van der Waals surface area contributed by atoms with Gasteiger partial charge in [-0.2, -0.15) is 0 Å². The SMILES string of the molecule is CCc1cc2c(Cl)nc(CCC(C)C)nc2s1. The van der Waals surface area contributed by atoms with Crippen molar-refractivity contribution in [2.24, 2.45) is 5.92 Å². The fourth-order valence-corrected chi connectivity index (χ4v) is 2.97. The Morgan fingerprint density at radius 1 is 1.35 bits per heavy atom. The van der Waals surface area contributed by atoms with E-state index in [4.69, 9.17) is 11.6 Å². The fourth-order valence-electron chi connectivity index (χ4n) is 1.68. The first-order chi connectivity index (χ1) is 8.10. The molecule has 0 aliphatic rings. The topological polar surface area (TPSA) is 25.8 Å². The molecule has 2 rings (SSSR count). The van der Waals surface area contributed by atoms with Crippen LogP contribution in [0.25, 0.3) is 10.2 Å². The van der Waals surface area contributed by atoms with Crippen molar-refractivity contribution in [2.75, 3.05) is 0 Å². The molecule has 0 unspecified atom stereocenters. The predicted molar refractivity (Wildman–Crippen MR) is 75.0 cm³/mol. The molecule has 0 bridgehead atoms. The highest BCUT2D eigenvalue weighted by Gasteiger charge is 2.10. The highest BCUT2D eigenvalue weighted by atomic mass is 35.5. The molecule has 0 atom stereocenters. The summed E-state index contributed by atoms with van der Waals surface area (Å²) in [7, 11) is 0. The number of fused-ring (bicyclic) bond motifs is 1. The summed E-state index contributed by atoms with van der Waals surface area (Å²) in [5.74, 6) is 1.54. The average Bonchev–Trinajstić information content (AvgIpc) is 2.70. The molecule has 2 nitrogen and oxygen atoms in total. The standard InChI is InChI=1S/C13H17ClN2S/c1-4-9-7-10-12(14)15-11(6-5-8(2)3)16-13(10)17-9/h7-8H,4-6H2,1-3H3. The van der Waals surface area contributed by atoms with Crippen molar-refractivity contribution < 1.29 is 0 Å². The third kappa shape index (κ3) is 2.96. The van der Waals surface area contributed by atoms with Crippen molar-refractivity contribution >= 4 is 33.2 Å². The zero-order valence-corrected chi connectivity index (χ0v) is 12.0. The lowest BCUT2D eigenvalue weighted by atomic mass is 10.1. The summed E-state index contributed by atoms with van der Waals surface area (Å²) in [5.41, 5.74) is 0. The van der Waals surface area contributed by atoms with Crippen LogP contribution < -0.4 is 0 Å². The second-order valence-corrected chi connectivity index (χ2v) is 6.12. The van der Waals surface area contributed by atoms with Gasteiger partial charge in [0, 0.05) is 16.7 Å². The van der Waals surface area contributed by atoms with Crippen LogP contribution in [0.1, 0.15) is 37.9 Å². The number of hydrogen-bond donors (Lipinski definition) is 0. The van der Waals surface area contributed by atoms with Crippen LogP contribution in [0.3, 0.4) is 0 Å². The molecule has 0 saturated heterocycles. The lowest BCUT2D eigenvalue weighted by Gasteiger charge is -2.03. The Hall–Kier alpha value is -0.670. The molecule has 0 aromatic carbocycles. The molecular formula is C13H17ClN2S. The summed E-state index contributed by atoms with van der Waals surface area (Å²) in [5, 5.41) is 1.60. The number of thiophene rings is 1. The van der Waals surface area contributed by atoms with Crippen LogP contribution in [0.4, 0.5) is 0 Å². The monoisotopic (exact) mass is 268 g/mol. The Morgan fingerprint density at radius 3 is 2.76 bits per heavy atom. The Kier molecular flexibility index (Phi) is 4.00. The van der Waals surface area contributed by atoms with Crippen LogP contribution in [-0.2, 0) is 12.8 Å². The van der Waals surface area contributed by atoms with Gasteiger partial charge in [0.1, 0.15) is 15.8 Å². The third-order valence-electron chi connectivity index (χ3n) is 2.74. The largest absolute Gasteiger partial charge is 0.222 e. The van der Waals surface area contributed by atoms with Crippen LogP contribution in [-0.4, -0.2) is 9.97 Å². The summed E-state index contributed by atoms with van der Waals surface area (Å²) < 4.78 is 0. The van der Waals surface area contributed by atoms with Crippen molar-refractivity contribution in [1.82, 2.24) is 9.97 Å². The van der Waals surface area contributed by atoms with Gasteiger partial charge in [-0.1, -0.05) is 32.4 Å². The van der Waals surface area contributed by atoms with E-state index < -0.39 is 0 Å². The second-order valence-electron chi connectivity index (χ2n) is 4.65. The third-order valence-corrected chi connectivity index (χ3v) is 4.20. The van der Waals surface area contributed by atoms with Crippen LogP contribution in [0, 0.1) is 5.92 Å². The molecule has 92 valence electrons. The highest BCUT2D eigenvalue weighted by molar-refractivity contribution is 7.18. The molecule has 2 aromatic rings. The quantitative estimate of drug-likeness (QED) is 0.763. The minimum atomic E-state index is 0.602. The maximum atomic E-state index is 6.20. The van der Waals surface area contributed by atoms with Crippen molar-refractivity contribution in [2.45, 2.75) is 40.0 Å². The van der Waals surface area contributed by atoms with Gasteiger partial charge in [-0.05, 0) is 24.8 Å². The Labute approximate surface area is 111 Å². The number of hydrogen-bond acceptors (Lipinski definition) is 3. The summed E-state index contributed by atoms with van der Waals surface area (Å²) in [6.07, 6.45) is 3.04. The molecular weight excluding hydrogens is 252 g/mol. The van der Waals surface area contributed by atoms with E-state index in [9.17, 15) is 0 Å². The smallest absolute Gasteiger partial charge is 0.141 e. The fraction of sp³-hybridized carbons (Fsp3) is 0.538. The summed E-state index contributed by atoms with van der Waals surface area (Å²) in [4.78, 5) is 11.3. The molecule has 0 amide bonds. The van der Waals surface area contributed by atoms with Crippen LogP contribution in [0.5, 0.6) is 0 Å². The number of rotatable bonds is 4. The van der Waals surface area contributed by atoms with E-state index in [2.05, 4.69) is 36.8 Å². The molecule has 0 aliphatic carbocycles. The van der Waals surface area contributed by atoms with Gasteiger partial charge in [0.25, 0.3) is 0 Å². The molecule has 17 heavy (non-hydrogen) atoms. The zero-order valence-electron chi connectivity index (χ0n) is 10.5. The van der Waals surface area contributed by atoms with Gasteiger partial charge in [0.05, 0.1) is 0 Å². The van der Waals surface area contributed by atoms with Crippen molar-refractivity contribution in [3.63, 3.8) is 0 Å². The molecule has 0 aliphatic heterocycles. The normalized spacial score (nSPS) is 11.6. The zero-order chi connectivity index (χ0) is 12.4. The Bertz CT molecular complexity index is 519. The Morgan fingerprint density at radius 2 is 2.12 bits per heavy atom. The van der Waals surface area contributed by atoms with E-state index >= 15 is 0 Å². The van der Waals surface area contributed by atoms with Crippen LogP contribution in [0.2, 0.25) is 5.15 Å². The van der Waals surface area contributed by atoms with Gasteiger partial charge in [-0.3, -0.25) is 0 Å². The van der Waals surface area contributed by atoms with Crippen molar-refractivity contribution in [3.8, 4) is 0 Å². The van der Waals surface area contributed by atoms with Gasteiger partial charge in [0.15, 0.2) is 0 Å². The Balaban J connectivity index is 2.33. The predicted octanol–water partition coefficient (Wildman–Crippen LogP) is 4.50. The number of nitrogens with zero attached hydrogens (tertiary/aromatic N) is 2.